The van der Waals surface area contributed by atoms with Crippen LogP contribution in [0.15, 0.2) is 36.5 Å². The first-order valence-electron chi connectivity index (χ1n) is 5.63. The fourth-order valence-corrected chi connectivity index (χ4v) is 1.52. The fourth-order valence-electron chi connectivity index (χ4n) is 1.52. The number of aromatic nitrogens is 1. The topological polar surface area (TPSA) is 54.5 Å². The summed E-state index contributed by atoms with van der Waals surface area (Å²) in [7, 11) is 0. The number of nitrogens with zero attached hydrogens (tertiary/aromatic N) is 1. The molecule has 103 valence electrons. The molecule has 0 spiro atoms. The van der Waals surface area contributed by atoms with Gasteiger partial charge >= 0.3 is 5.97 Å². The molecule has 0 amide bonds. The van der Waals surface area contributed by atoms with Crippen molar-refractivity contribution in [2.45, 2.75) is 20.8 Å². The van der Waals surface area contributed by atoms with Crippen LogP contribution in [0.1, 0.15) is 18.1 Å². The number of carboxylic acid groups (broad SMARTS) is 1. The van der Waals surface area contributed by atoms with Crippen LogP contribution < -0.4 is 0 Å². The van der Waals surface area contributed by atoms with Gasteiger partial charge in [0.2, 0.25) is 0 Å². The van der Waals surface area contributed by atoms with Crippen LogP contribution in [-0.2, 0) is 20.1 Å². The SMILES string of the molecule is CC(O)=[OH+].Cc1ccc[c-]c1-c1ncccc1C.[Ir]. The van der Waals surface area contributed by atoms with Crippen LogP contribution in [0.2, 0.25) is 0 Å². The third-order valence-corrected chi connectivity index (χ3v) is 2.31. The van der Waals surface area contributed by atoms with Gasteiger partial charge in [-0.15, -0.1) is 35.4 Å². The quantitative estimate of drug-likeness (QED) is 0.552. The van der Waals surface area contributed by atoms with E-state index in [4.69, 9.17) is 9.90 Å². The van der Waals surface area contributed by atoms with E-state index in [9.17, 15) is 0 Å². The number of pyridine rings is 1. The maximum Gasteiger partial charge on any atom is 0.477 e. The van der Waals surface area contributed by atoms with Crippen molar-refractivity contribution in [3.05, 3.63) is 53.7 Å². The number of aliphatic carboxylic acids is 1. The van der Waals surface area contributed by atoms with Gasteiger partial charge in [0.15, 0.2) is 0 Å². The molecule has 2 N–H and O–H groups in total. The van der Waals surface area contributed by atoms with E-state index >= 15 is 0 Å². The van der Waals surface area contributed by atoms with Crippen LogP contribution in [0.25, 0.3) is 11.3 Å². The smallest absolute Gasteiger partial charge is 0.339 e. The van der Waals surface area contributed by atoms with Gasteiger partial charge in [-0.2, -0.15) is 0 Å². The van der Waals surface area contributed by atoms with Gasteiger partial charge in [-0.1, -0.05) is 18.6 Å². The van der Waals surface area contributed by atoms with E-state index in [2.05, 4.69) is 37.0 Å². The predicted molar refractivity (Wildman–Crippen MR) is 73.2 cm³/mol. The van der Waals surface area contributed by atoms with Crippen molar-refractivity contribution in [3.8, 4) is 11.3 Å². The Balaban J connectivity index is 0.000000576. The summed E-state index contributed by atoms with van der Waals surface area (Å²) in [6, 6.07) is 13.3. The third kappa shape index (κ3) is 5.77. The molecule has 0 bridgehead atoms. The third-order valence-electron chi connectivity index (χ3n) is 2.31. The van der Waals surface area contributed by atoms with E-state index < -0.39 is 5.97 Å². The van der Waals surface area contributed by atoms with Crippen LogP contribution in [0.3, 0.4) is 0 Å². The molecule has 0 saturated carbocycles. The standard InChI is InChI=1S/C13H12N.C2H4O2.Ir/c1-10-6-3-4-8-12(10)13-11(2)7-5-9-14-13;1-2(3)4;/h3-7,9H,1-2H3;1H3,(H,3,4);/q-1;;/p+1. The Hall–Kier alpha value is -1.51. The van der Waals surface area contributed by atoms with Crippen LogP contribution in [-0.4, -0.2) is 20.9 Å². The van der Waals surface area contributed by atoms with E-state index in [-0.39, 0.29) is 20.1 Å². The number of aliphatic hydroxyl groups excluding tert-OH is 1. The number of hydrogen-bond donors (Lipinski definition) is 1. The van der Waals surface area contributed by atoms with Crippen LogP contribution in [0, 0.1) is 19.9 Å². The largest absolute Gasteiger partial charge is 0.477 e. The summed E-state index contributed by atoms with van der Waals surface area (Å²) in [6.45, 7) is 5.35. The maximum absolute atomic E-state index is 7.53. The second-order valence-corrected chi connectivity index (χ2v) is 3.94. The van der Waals surface area contributed by atoms with E-state index in [0.717, 1.165) is 11.3 Å². The van der Waals surface area contributed by atoms with Crippen molar-refractivity contribution < 1.29 is 30.0 Å². The summed E-state index contributed by atoms with van der Waals surface area (Å²) in [6.07, 6.45) is 1.82. The number of aryl methyl sites for hydroxylation is 2. The van der Waals surface area contributed by atoms with Crippen LogP contribution in [0.4, 0.5) is 0 Å². The molecular formula is C15H17IrNO2. The molecule has 1 aromatic heterocycles. The average molecular weight is 436 g/mol. The Labute approximate surface area is 127 Å². The van der Waals surface area contributed by atoms with E-state index in [0.29, 0.717) is 0 Å². The fraction of sp³-hybridized carbons (Fsp3) is 0.200. The molecule has 0 aliphatic carbocycles. The molecule has 1 aromatic carbocycles. The molecule has 0 aliphatic heterocycles. The van der Waals surface area contributed by atoms with Crippen molar-refractivity contribution in [1.82, 2.24) is 4.98 Å². The molecule has 1 heterocycles. The summed E-state index contributed by atoms with van der Waals surface area (Å²) in [5.74, 6) is -0.583. The molecule has 0 unspecified atom stereocenters. The molecular weight excluding hydrogens is 418 g/mol. The van der Waals surface area contributed by atoms with Gasteiger partial charge in [0.05, 0.1) is 6.92 Å². The molecule has 1 radical (unpaired) electrons. The van der Waals surface area contributed by atoms with Crippen molar-refractivity contribution in [3.63, 3.8) is 0 Å². The molecule has 19 heavy (non-hydrogen) atoms. The zero-order valence-corrected chi connectivity index (χ0v) is 13.5. The molecule has 2 aromatic rings. The summed E-state index contributed by atoms with van der Waals surface area (Å²) < 4.78 is 0. The Morgan fingerprint density at radius 1 is 1.21 bits per heavy atom. The van der Waals surface area contributed by atoms with Crippen LogP contribution in [0.5, 0.6) is 0 Å². The summed E-state index contributed by atoms with van der Waals surface area (Å²) in [5, 5.41) is 7.53. The Morgan fingerprint density at radius 3 is 2.32 bits per heavy atom. The number of carboxylic acids is 1. The second-order valence-electron chi connectivity index (χ2n) is 3.94. The number of benzene rings is 1. The Morgan fingerprint density at radius 2 is 1.79 bits per heavy atom. The van der Waals surface area contributed by atoms with Crippen molar-refractivity contribution in [1.29, 1.82) is 0 Å². The van der Waals surface area contributed by atoms with E-state index in [1.54, 1.807) is 0 Å². The van der Waals surface area contributed by atoms with Crippen molar-refractivity contribution in [2.75, 3.05) is 0 Å². The van der Waals surface area contributed by atoms with Gasteiger partial charge in [0.25, 0.3) is 0 Å². The average Bonchev–Trinajstić information content (AvgIpc) is 2.30. The van der Waals surface area contributed by atoms with E-state index in [1.165, 1.54) is 18.1 Å². The van der Waals surface area contributed by atoms with E-state index in [1.807, 2.05) is 24.4 Å². The zero-order chi connectivity index (χ0) is 13.5. The van der Waals surface area contributed by atoms with Gasteiger partial charge in [0, 0.05) is 26.3 Å². The molecule has 0 fully saturated rings. The maximum atomic E-state index is 7.53. The summed E-state index contributed by atoms with van der Waals surface area (Å²) >= 11 is 0. The van der Waals surface area contributed by atoms with Gasteiger partial charge in [0.1, 0.15) is 0 Å². The van der Waals surface area contributed by atoms with Gasteiger partial charge in [-0.25, -0.2) is 0 Å². The number of hydrogen-bond acceptors (Lipinski definition) is 1. The Bertz CT molecular complexity index is 494. The van der Waals surface area contributed by atoms with Gasteiger partial charge in [-0.05, 0) is 18.7 Å². The van der Waals surface area contributed by atoms with Crippen LogP contribution >= 0.6 is 0 Å². The molecule has 0 saturated heterocycles. The van der Waals surface area contributed by atoms with Gasteiger partial charge in [-0.3, -0.25) is 0 Å². The minimum atomic E-state index is -0.583. The summed E-state index contributed by atoms with van der Waals surface area (Å²) in [4.78, 5) is 11.9. The molecule has 0 aliphatic rings. The first-order chi connectivity index (χ1) is 8.52. The minimum Gasteiger partial charge on any atom is -0.339 e. The van der Waals surface area contributed by atoms with Crippen molar-refractivity contribution in [2.24, 2.45) is 0 Å². The monoisotopic (exact) mass is 436 g/mol. The first kappa shape index (κ1) is 17.5. The molecule has 0 atom stereocenters. The second kappa shape index (κ2) is 8.57. The predicted octanol–water partition coefficient (Wildman–Crippen LogP) is 3.23. The zero-order valence-electron chi connectivity index (χ0n) is 11.1. The van der Waals surface area contributed by atoms with Gasteiger partial charge < -0.3 is 14.9 Å². The first-order valence-corrected chi connectivity index (χ1v) is 5.63. The minimum absolute atomic E-state index is 0. The summed E-state index contributed by atoms with van der Waals surface area (Å²) in [5.41, 5.74) is 4.54. The Kier molecular flexibility index (Phi) is 7.89. The number of rotatable bonds is 1. The molecule has 3 nitrogen and oxygen atoms in total. The normalized spacial score (nSPS) is 8.79. The molecule has 2 rings (SSSR count). The molecule has 4 heteroatoms. The van der Waals surface area contributed by atoms with Crippen molar-refractivity contribution >= 4 is 5.97 Å².